The zero-order chi connectivity index (χ0) is 14.9. The quantitative estimate of drug-likeness (QED) is 0.680. The molecule has 0 bridgehead atoms. The first-order valence-corrected chi connectivity index (χ1v) is 8.15. The summed E-state index contributed by atoms with van der Waals surface area (Å²) >= 11 is 0. The van der Waals surface area contributed by atoms with Crippen molar-refractivity contribution in [2.75, 3.05) is 0 Å². The Hall–Kier alpha value is -2.16. The van der Waals surface area contributed by atoms with Crippen molar-refractivity contribution in [3.63, 3.8) is 0 Å². The van der Waals surface area contributed by atoms with E-state index < -0.39 is 0 Å². The first kappa shape index (κ1) is 13.5. The van der Waals surface area contributed by atoms with E-state index in [1.54, 1.807) is 6.21 Å². The van der Waals surface area contributed by atoms with E-state index in [0.29, 0.717) is 11.8 Å². The van der Waals surface area contributed by atoms with Crippen LogP contribution in [-0.4, -0.2) is 12.1 Å². The summed E-state index contributed by atoms with van der Waals surface area (Å²) in [5.41, 5.74) is 3.73. The fourth-order valence-electron chi connectivity index (χ4n) is 3.91. The van der Waals surface area contributed by atoms with E-state index in [0.717, 1.165) is 5.56 Å². The van der Waals surface area contributed by atoms with Crippen LogP contribution >= 0.6 is 0 Å². The van der Waals surface area contributed by atoms with Gasteiger partial charge in [0.15, 0.2) is 0 Å². The Balaban J connectivity index is 1.40. The molecule has 3 nitrogen and oxygen atoms in total. The Morgan fingerprint density at radius 1 is 1.05 bits per heavy atom. The van der Waals surface area contributed by atoms with Gasteiger partial charge in [0.05, 0.1) is 6.21 Å². The van der Waals surface area contributed by atoms with Crippen LogP contribution in [0.4, 0.5) is 0 Å². The standard InChI is InChI=1S/C19H20N2O/c22-19(18-16-7-3-4-8-17(16)18)21-20-12-13-9-10-14-5-1-2-6-15(14)11-13/h1-2,5-6,9-12,16-18H,3-4,7-8H2,(H,21,22)/t16-,17-/m0/s1. The molecule has 22 heavy (non-hydrogen) atoms. The molecule has 0 aromatic heterocycles. The lowest BCUT2D eigenvalue weighted by atomic mass is 10.0. The van der Waals surface area contributed by atoms with Gasteiger partial charge in [-0.25, -0.2) is 5.43 Å². The molecule has 1 amide bonds. The molecule has 2 saturated carbocycles. The molecule has 2 aliphatic carbocycles. The average Bonchev–Trinajstić information content (AvgIpc) is 3.29. The summed E-state index contributed by atoms with van der Waals surface area (Å²) in [6.45, 7) is 0. The number of carbonyl (C=O) groups is 1. The molecular formula is C19H20N2O. The fraction of sp³-hybridized carbons (Fsp3) is 0.368. The molecule has 2 aliphatic rings. The number of nitrogens with zero attached hydrogens (tertiary/aromatic N) is 1. The second-order valence-corrected chi connectivity index (χ2v) is 6.48. The number of nitrogens with one attached hydrogen (secondary N) is 1. The lowest BCUT2D eigenvalue weighted by molar-refractivity contribution is -0.122. The van der Waals surface area contributed by atoms with Gasteiger partial charge in [0.25, 0.3) is 0 Å². The van der Waals surface area contributed by atoms with Crippen LogP contribution in [0.2, 0.25) is 0 Å². The maximum absolute atomic E-state index is 12.1. The van der Waals surface area contributed by atoms with Crippen LogP contribution in [-0.2, 0) is 4.79 Å². The van der Waals surface area contributed by atoms with Crippen LogP contribution in [0.3, 0.4) is 0 Å². The Morgan fingerprint density at radius 2 is 1.77 bits per heavy atom. The lowest BCUT2D eigenvalue weighted by Crippen LogP contribution is -2.20. The van der Waals surface area contributed by atoms with Gasteiger partial charge in [0.2, 0.25) is 5.91 Å². The van der Waals surface area contributed by atoms with E-state index >= 15 is 0 Å². The monoisotopic (exact) mass is 292 g/mol. The van der Waals surface area contributed by atoms with Crippen molar-refractivity contribution in [2.45, 2.75) is 25.7 Å². The predicted octanol–water partition coefficient (Wildman–Crippen LogP) is 3.73. The number of amides is 1. The Kier molecular flexibility index (Phi) is 3.41. The summed E-state index contributed by atoms with van der Waals surface area (Å²) in [5.74, 6) is 1.58. The highest BCUT2D eigenvalue weighted by Crippen LogP contribution is 2.55. The van der Waals surface area contributed by atoms with Crippen LogP contribution in [0, 0.1) is 17.8 Å². The number of hydrogen-bond acceptors (Lipinski definition) is 2. The van der Waals surface area contributed by atoms with Gasteiger partial charge < -0.3 is 0 Å². The van der Waals surface area contributed by atoms with Gasteiger partial charge in [0.1, 0.15) is 0 Å². The highest BCUT2D eigenvalue weighted by molar-refractivity contribution is 5.91. The fourth-order valence-corrected chi connectivity index (χ4v) is 3.91. The van der Waals surface area contributed by atoms with Gasteiger partial charge in [-0.3, -0.25) is 4.79 Å². The summed E-state index contributed by atoms with van der Waals surface area (Å²) in [7, 11) is 0. The Morgan fingerprint density at radius 3 is 2.55 bits per heavy atom. The van der Waals surface area contributed by atoms with Gasteiger partial charge in [-0.05, 0) is 47.1 Å². The van der Waals surface area contributed by atoms with Crippen LogP contribution in [0.15, 0.2) is 47.6 Å². The normalized spacial score (nSPS) is 26.8. The van der Waals surface area contributed by atoms with Crippen molar-refractivity contribution in [2.24, 2.45) is 22.9 Å². The molecular weight excluding hydrogens is 272 g/mol. The molecule has 2 fully saturated rings. The Bertz CT molecular complexity index is 725. The van der Waals surface area contributed by atoms with Crippen molar-refractivity contribution >= 4 is 22.9 Å². The molecule has 112 valence electrons. The van der Waals surface area contributed by atoms with E-state index in [-0.39, 0.29) is 11.8 Å². The van der Waals surface area contributed by atoms with Gasteiger partial charge in [0, 0.05) is 5.92 Å². The molecule has 2 atom stereocenters. The molecule has 2 aromatic rings. The molecule has 0 spiro atoms. The molecule has 1 N–H and O–H groups in total. The second kappa shape index (κ2) is 5.56. The van der Waals surface area contributed by atoms with Crippen molar-refractivity contribution < 1.29 is 4.79 Å². The van der Waals surface area contributed by atoms with E-state index in [1.807, 2.05) is 18.2 Å². The number of hydrazone groups is 1. The lowest BCUT2D eigenvalue weighted by Gasteiger charge is -2.04. The summed E-state index contributed by atoms with van der Waals surface area (Å²) < 4.78 is 0. The van der Waals surface area contributed by atoms with Crippen LogP contribution in [0.25, 0.3) is 10.8 Å². The van der Waals surface area contributed by atoms with Gasteiger partial charge in [-0.1, -0.05) is 49.2 Å². The number of rotatable bonds is 3. The Labute approximate surface area is 130 Å². The molecule has 0 unspecified atom stereocenters. The highest BCUT2D eigenvalue weighted by Gasteiger charge is 2.54. The van der Waals surface area contributed by atoms with E-state index in [2.05, 4.69) is 34.8 Å². The minimum absolute atomic E-state index is 0.105. The molecule has 0 radical (unpaired) electrons. The van der Waals surface area contributed by atoms with Crippen molar-refractivity contribution in [1.29, 1.82) is 0 Å². The number of fused-ring (bicyclic) bond motifs is 2. The second-order valence-electron chi connectivity index (χ2n) is 6.48. The summed E-state index contributed by atoms with van der Waals surface area (Å²) in [6.07, 6.45) is 6.74. The SMILES string of the molecule is O=C(NN=Cc1ccc2ccccc2c1)C1[C@H]2CCCC[C@H]12. The molecule has 0 heterocycles. The number of benzene rings is 2. The maximum Gasteiger partial charge on any atom is 0.243 e. The highest BCUT2D eigenvalue weighted by atomic mass is 16.2. The summed E-state index contributed by atoms with van der Waals surface area (Å²) in [6, 6.07) is 14.4. The molecule has 3 heteroatoms. The van der Waals surface area contributed by atoms with Crippen LogP contribution in [0.1, 0.15) is 31.2 Å². The largest absolute Gasteiger partial charge is 0.273 e. The van der Waals surface area contributed by atoms with Gasteiger partial charge in [-0.15, -0.1) is 0 Å². The third-order valence-corrected chi connectivity index (χ3v) is 5.12. The van der Waals surface area contributed by atoms with E-state index in [9.17, 15) is 4.79 Å². The third-order valence-electron chi connectivity index (χ3n) is 5.12. The maximum atomic E-state index is 12.1. The van der Waals surface area contributed by atoms with Crippen molar-refractivity contribution in [1.82, 2.24) is 5.43 Å². The zero-order valence-electron chi connectivity index (χ0n) is 12.5. The van der Waals surface area contributed by atoms with Crippen LogP contribution < -0.4 is 5.43 Å². The average molecular weight is 292 g/mol. The predicted molar refractivity (Wildman–Crippen MR) is 88.6 cm³/mol. The molecule has 0 aliphatic heterocycles. The van der Waals surface area contributed by atoms with Crippen LogP contribution in [0.5, 0.6) is 0 Å². The van der Waals surface area contributed by atoms with E-state index in [4.69, 9.17) is 0 Å². The van der Waals surface area contributed by atoms with E-state index in [1.165, 1.54) is 36.5 Å². The number of carbonyl (C=O) groups excluding carboxylic acids is 1. The summed E-state index contributed by atoms with van der Waals surface area (Å²) in [5, 5.41) is 6.54. The molecule has 4 rings (SSSR count). The van der Waals surface area contributed by atoms with Gasteiger partial charge in [-0.2, -0.15) is 5.10 Å². The summed E-state index contributed by atoms with van der Waals surface area (Å²) in [4.78, 5) is 12.1. The third kappa shape index (κ3) is 2.52. The van der Waals surface area contributed by atoms with Crippen molar-refractivity contribution in [3.05, 3.63) is 48.0 Å². The zero-order valence-corrected chi connectivity index (χ0v) is 12.5. The molecule has 0 saturated heterocycles. The number of hydrogen-bond donors (Lipinski definition) is 1. The topological polar surface area (TPSA) is 41.5 Å². The van der Waals surface area contributed by atoms with Crippen molar-refractivity contribution in [3.8, 4) is 0 Å². The minimum Gasteiger partial charge on any atom is -0.273 e. The first-order valence-electron chi connectivity index (χ1n) is 8.15. The first-order chi connectivity index (χ1) is 10.8. The minimum atomic E-state index is 0.105. The smallest absolute Gasteiger partial charge is 0.243 e. The molecule has 2 aromatic carbocycles. The van der Waals surface area contributed by atoms with Gasteiger partial charge >= 0.3 is 0 Å².